The minimum Gasteiger partial charge on any atom is -0.453 e. The molecule has 3 aromatic carbocycles. The maximum Gasteiger partial charge on any atom is 0.326 e. The Bertz CT molecular complexity index is 1260. The molecule has 0 spiro atoms. The van der Waals surface area contributed by atoms with E-state index in [4.69, 9.17) is 4.74 Å². The minimum absolute atomic E-state index is 0.106. The van der Waals surface area contributed by atoms with Crippen LogP contribution in [0.5, 0.6) is 0 Å². The van der Waals surface area contributed by atoms with Gasteiger partial charge in [-0.2, -0.15) is 0 Å². The summed E-state index contributed by atoms with van der Waals surface area (Å²) in [4.78, 5) is 37.9. The zero-order valence-electron chi connectivity index (χ0n) is 16.2. The van der Waals surface area contributed by atoms with Crippen LogP contribution in [0.2, 0.25) is 0 Å². The van der Waals surface area contributed by atoms with Crippen LogP contribution in [0.25, 0.3) is 21.8 Å². The van der Waals surface area contributed by atoms with Crippen LogP contribution in [0.4, 0.5) is 4.39 Å². The summed E-state index contributed by atoms with van der Waals surface area (Å²) in [6, 6.07) is 19.1. The number of carbonyl (C=O) groups is 2. The lowest BCUT2D eigenvalue weighted by atomic mass is 10.1. The van der Waals surface area contributed by atoms with E-state index in [1.807, 2.05) is 0 Å². The van der Waals surface area contributed by atoms with Crippen LogP contribution in [0.1, 0.15) is 17.3 Å². The van der Waals surface area contributed by atoms with Crippen LogP contribution in [0.15, 0.2) is 77.6 Å². The van der Waals surface area contributed by atoms with Gasteiger partial charge < -0.3 is 9.30 Å². The number of para-hydroxylation sites is 2. The molecule has 0 saturated carbocycles. The van der Waals surface area contributed by atoms with Gasteiger partial charge in [0.25, 0.3) is 0 Å². The first-order valence-corrected chi connectivity index (χ1v) is 9.45. The number of carbonyl (C=O) groups excluding carboxylic acids is 2. The molecule has 6 heteroatoms. The summed E-state index contributed by atoms with van der Waals surface area (Å²) in [5.74, 6) is -1.48. The summed E-state index contributed by atoms with van der Waals surface area (Å²) in [5, 5.41) is 0.999. The smallest absolute Gasteiger partial charge is 0.326 e. The quantitative estimate of drug-likeness (QED) is 0.286. The maximum absolute atomic E-state index is 13.1. The van der Waals surface area contributed by atoms with E-state index in [0.29, 0.717) is 21.8 Å². The highest BCUT2D eigenvalue weighted by atomic mass is 19.1. The van der Waals surface area contributed by atoms with Gasteiger partial charge in [0.1, 0.15) is 12.4 Å². The lowest BCUT2D eigenvalue weighted by Gasteiger charge is -2.17. The number of fused-ring (bicyclic) bond motifs is 2. The first kappa shape index (κ1) is 19.5. The van der Waals surface area contributed by atoms with Gasteiger partial charge in [-0.3, -0.25) is 14.4 Å². The van der Waals surface area contributed by atoms with E-state index in [1.54, 1.807) is 53.1 Å². The Morgan fingerprint density at radius 2 is 1.43 bits per heavy atom. The standard InChI is InChI=1S/C24H18FNO4/c1-15(23(28)16-10-12-17(25)13-11-16)30-22(27)14-26-20-8-4-2-6-18(20)24(29)19-7-3-5-9-21(19)26/h2-13,15H,14H2,1H3. The van der Waals surface area contributed by atoms with Gasteiger partial charge in [-0.15, -0.1) is 0 Å². The van der Waals surface area contributed by atoms with Gasteiger partial charge in [0.2, 0.25) is 5.78 Å². The summed E-state index contributed by atoms with van der Waals surface area (Å²) in [5.41, 5.74) is 1.37. The van der Waals surface area contributed by atoms with Gasteiger partial charge in [-0.05, 0) is 55.5 Å². The van der Waals surface area contributed by atoms with Crippen molar-refractivity contribution in [2.24, 2.45) is 0 Å². The molecular weight excluding hydrogens is 385 g/mol. The third-order valence-electron chi connectivity index (χ3n) is 4.97. The van der Waals surface area contributed by atoms with Crippen molar-refractivity contribution in [3.05, 3.63) is 94.4 Å². The van der Waals surface area contributed by atoms with Gasteiger partial charge in [-0.1, -0.05) is 24.3 Å². The molecule has 30 heavy (non-hydrogen) atoms. The number of aromatic nitrogens is 1. The van der Waals surface area contributed by atoms with E-state index in [9.17, 15) is 18.8 Å². The first-order valence-electron chi connectivity index (χ1n) is 9.45. The average Bonchev–Trinajstić information content (AvgIpc) is 2.76. The van der Waals surface area contributed by atoms with Gasteiger partial charge in [0, 0.05) is 16.3 Å². The van der Waals surface area contributed by atoms with Gasteiger partial charge in [0.15, 0.2) is 11.5 Å². The molecule has 0 aliphatic heterocycles. The minimum atomic E-state index is -1.03. The van der Waals surface area contributed by atoms with Crippen molar-refractivity contribution in [1.29, 1.82) is 0 Å². The van der Waals surface area contributed by atoms with E-state index < -0.39 is 23.7 Å². The number of esters is 1. The SMILES string of the molecule is CC(OC(=O)Cn1c2ccccc2c(=O)c2ccccc21)C(=O)c1ccc(F)cc1. The van der Waals surface area contributed by atoms with Crippen molar-refractivity contribution in [3.8, 4) is 0 Å². The summed E-state index contributed by atoms with van der Waals surface area (Å²) >= 11 is 0. The molecule has 0 aliphatic rings. The number of hydrogen-bond donors (Lipinski definition) is 0. The van der Waals surface area contributed by atoms with Crippen LogP contribution >= 0.6 is 0 Å². The number of pyridine rings is 1. The zero-order chi connectivity index (χ0) is 21.3. The Kier molecular flexibility index (Phi) is 5.14. The summed E-state index contributed by atoms with van der Waals surface area (Å²) in [6.07, 6.45) is -1.03. The van der Waals surface area contributed by atoms with Gasteiger partial charge >= 0.3 is 5.97 Å². The van der Waals surface area contributed by atoms with Crippen molar-refractivity contribution in [3.63, 3.8) is 0 Å². The fourth-order valence-corrected chi connectivity index (χ4v) is 3.51. The first-order chi connectivity index (χ1) is 14.5. The summed E-state index contributed by atoms with van der Waals surface area (Å²) in [7, 11) is 0. The Hall–Kier alpha value is -3.80. The molecular formula is C24H18FNO4. The average molecular weight is 403 g/mol. The largest absolute Gasteiger partial charge is 0.453 e. The highest BCUT2D eigenvalue weighted by Crippen LogP contribution is 2.19. The summed E-state index contributed by atoms with van der Waals surface area (Å²) < 4.78 is 20.1. The van der Waals surface area contributed by atoms with Crippen molar-refractivity contribution in [1.82, 2.24) is 4.57 Å². The monoisotopic (exact) mass is 403 g/mol. The lowest BCUT2D eigenvalue weighted by molar-refractivity contribution is -0.146. The lowest BCUT2D eigenvalue weighted by Crippen LogP contribution is -2.27. The van der Waals surface area contributed by atoms with E-state index in [-0.39, 0.29) is 17.5 Å². The zero-order valence-corrected chi connectivity index (χ0v) is 16.2. The highest BCUT2D eigenvalue weighted by Gasteiger charge is 2.21. The Labute approximate surface area is 171 Å². The molecule has 0 aliphatic carbocycles. The van der Waals surface area contributed by atoms with E-state index in [1.165, 1.54) is 31.2 Å². The predicted molar refractivity (Wildman–Crippen MR) is 112 cm³/mol. The molecule has 4 rings (SSSR count). The second-order valence-corrected chi connectivity index (χ2v) is 6.95. The highest BCUT2D eigenvalue weighted by molar-refractivity contribution is 6.00. The second-order valence-electron chi connectivity index (χ2n) is 6.95. The Morgan fingerprint density at radius 3 is 2.00 bits per heavy atom. The number of rotatable bonds is 5. The summed E-state index contributed by atoms with van der Waals surface area (Å²) in [6.45, 7) is 1.31. The number of Topliss-reactive ketones (excluding diaryl/α,β-unsaturated/α-hetero) is 1. The normalized spacial score (nSPS) is 12.1. The Balaban J connectivity index is 1.64. The number of hydrogen-bond acceptors (Lipinski definition) is 4. The van der Waals surface area contributed by atoms with Gasteiger partial charge in [-0.25, -0.2) is 4.39 Å². The van der Waals surface area contributed by atoms with Crippen LogP contribution in [-0.2, 0) is 16.1 Å². The van der Waals surface area contributed by atoms with Crippen molar-refractivity contribution in [2.75, 3.05) is 0 Å². The van der Waals surface area contributed by atoms with Crippen LogP contribution in [0.3, 0.4) is 0 Å². The number of benzene rings is 3. The molecule has 0 saturated heterocycles. The van der Waals surface area contributed by atoms with Crippen LogP contribution < -0.4 is 5.43 Å². The van der Waals surface area contributed by atoms with Crippen LogP contribution in [0, 0.1) is 5.82 Å². The van der Waals surface area contributed by atoms with Gasteiger partial charge in [0.05, 0.1) is 11.0 Å². The van der Waals surface area contributed by atoms with Crippen molar-refractivity contribution in [2.45, 2.75) is 19.6 Å². The molecule has 0 N–H and O–H groups in total. The Morgan fingerprint density at radius 1 is 0.900 bits per heavy atom. The molecule has 1 aromatic heterocycles. The fraction of sp³-hybridized carbons (Fsp3) is 0.125. The van der Waals surface area contributed by atoms with E-state index in [2.05, 4.69) is 0 Å². The maximum atomic E-state index is 13.1. The van der Waals surface area contributed by atoms with Crippen LogP contribution in [-0.4, -0.2) is 22.4 Å². The number of ether oxygens (including phenoxy) is 1. The second kappa shape index (κ2) is 7.91. The molecule has 4 aromatic rings. The number of nitrogens with zero attached hydrogens (tertiary/aromatic N) is 1. The topological polar surface area (TPSA) is 65.4 Å². The molecule has 1 heterocycles. The molecule has 0 bridgehead atoms. The number of ketones is 1. The number of halogens is 1. The molecule has 0 radical (unpaired) electrons. The molecule has 150 valence electrons. The van der Waals surface area contributed by atoms with Crippen molar-refractivity contribution >= 4 is 33.6 Å². The fourth-order valence-electron chi connectivity index (χ4n) is 3.51. The van der Waals surface area contributed by atoms with Crippen molar-refractivity contribution < 1.29 is 18.7 Å². The third-order valence-corrected chi connectivity index (χ3v) is 4.97. The van der Waals surface area contributed by atoms with E-state index in [0.717, 1.165) is 0 Å². The third kappa shape index (κ3) is 3.59. The predicted octanol–water partition coefficient (Wildman–Crippen LogP) is 4.11. The molecule has 5 nitrogen and oxygen atoms in total. The molecule has 1 unspecified atom stereocenters. The molecule has 1 atom stereocenters. The molecule has 0 amide bonds. The molecule has 0 fully saturated rings. The van der Waals surface area contributed by atoms with E-state index >= 15 is 0 Å².